The minimum Gasteiger partial charge on any atom is -0.493 e. The molecule has 1 N–H and O–H groups in total. The van der Waals surface area contributed by atoms with Gasteiger partial charge in [0.15, 0.2) is 11.5 Å². The molecule has 0 atom stereocenters. The number of hydrogen-bond donors (Lipinski definition) is 1. The van der Waals surface area contributed by atoms with Crippen molar-refractivity contribution in [3.05, 3.63) is 29.5 Å². The molecule has 0 bridgehead atoms. The predicted octanol–water partition coefficient (Wildman–Crippen LogP) is 3.89. The van der Waals surface area contributed by atoms with E-state index in [2.05, 4.69) is 12.2 Å². The van der Waals surface area contributed by atoms with Crippen LogP contribution < -0.4 is 14.8 Å². The number of hydrogen-bond acceptors (Lipinski definition) is 6. The zero-order chi connectivity index (χ0) is 22.6. The van der Waals surface area contributed by atoms with Gasteiger partial charge < -0.3 is 19.5 Å². The Kier molecular flexibility index (Phi) is 9.87. The Morgan fingerprint density at radius 2 is 1.74 bits per heavy atom. The minimum absolute atomic E-state index is 0.0245. The summed E-state index contributed by atoms with van der Waals surface area (Å²) in [4.78, 5) is 37.7. The lowest BCUT2D eigenvalue weighted by Crippen LogP contribution is -2.33. The molecule has 2 rings (SSSR count). The van der Waals surface area contributed by atoms with Gasteiger partial charge in [0.1, 0.15) is 5.70 Å². The molecule has 0 aliphatic carbocycles. The number of rotatable bonds is 13. The van der Waals surface area contributed by atoms with E-state index in [-0.39, 0.29) is 18.7 Å². The molecule has 1 fully saturated rings. The Morgan fingerprint density at radius 3 is 2.45 bits per heavy atom. The van der Waals surface area contributed by atoms with Gasteiger partial charge in [0.2, 0.25) is 0 Å². The highest BCUT2D eigenvalue weighted by Crippen LogP contribution is 2.28. The highest BCUT2D eigenvalue weighted by molar-refractivity contribution is 6.14. The molecule has 8 heteroatoms. The third kappa shape index (κ3) is 7.31. The van der Waals surface area contributed by atoms with Gasteiger partial charge in [-0.25, -0.2) is 4.79 Å². The summed E-state index contributed by atoms with van der Waals surface area (Å²) in [5.74, 6) is 0.182. The number of imide groups is 1. The lowest BCUT2D eigenvalue weighted by atomic mass is 10.1. The summed E-state index contributed by atoms with van der Waals surface area (Å²) in [5, 5.41) is 2.54. The number of nitrogens with one attached hydrogen (secondary N) is 1. The van der Waals surface area contributed by atoms with E-state index in [9.17, 15) is 14.4 Å². The van der Waals surface area contributed by atoms with Gasteiger partial charge in [-0.3, -0.25) is 14.5 Å². The first-order valence-electron chi connectivity index (χ1n) is 10.7. The number of unbranched alkanes of at least 4 members (excludes halogenated alkanes) is 5. The highest BCUT2D eigenvalue weighted by atomic mass is 16.5. The molecule has 1 aromatic carbocycles. The number of nitrogens with zero attached hydrogens (tertiary/aromatic N) is 1. The van der Waals surface area contributed by atoms with E-state index in [1.165, 1.54) is 33.5 Å². The fraction of sp³-hybridized carbons (Fsp3) is 0.522. The number of esters is 1. The molecular weight excluding hydrogens is 400 g/mol. The maximum Gasteiger partial charge on any atom is 0.329 e. The van der Waals surface area contributed by atoms with Gasteiger partial charge in [-0.05, 0) is 30.2 Å². The summed E-state index contributed by atoms with van der Waals surface area (Å²) in [6, 6.07) is 4.61. The van der Waals surface area contributed by atoms with Crippen molar-refractivity contribution in [2.45, 2.75) is 51.9 Å². The van der Waals surface area contributed by atoms with Crippen LogP contribution in [0.3, 0.4) is 0 Å². The smallest absolute Gasteiger partial charge is 0.329 e. The molecule has 3 amide bonds. The van der Waals surface area contributed by atoms with Crippen LogP contribution in [0.1, 0.15) is 57.4 Å². The first-order chi connectivity index (χ1) is 15.0. The first kappa shape index (κ1) is 24.2. The molecule has 1 aromatic rings. The molecule has 1 aliphatic heterocycles. The number of ether oxygens (including phenoxy) is 3. The van der Waals surface area contributed by atoms with Gasteiger partial charge in [-0.1, -0.05) is 45.1 Å². The fourth-order valence-corrected chi connectivity index (χ4v) is 3.23. The Labute approximate surface area is 183 Å². The van der Waals surface area contributed by atoms with Gasteiger partial charge >= 0.3 is 12.0 Å². The second-order valence-corrected chi connectivity index (χ2v) is 7.30. The quantitative estimate of drug-likeness (QED) is 0.220. The molecule has 0 saturated carbocycles. The van der Waals surface area contributed by atoms with Crippen molar-refractivity contribution in [3.63, 3.8) is 0 Å². The second-order valence-electron chi connectivity index (χ2n) is 7.30. The van der Waals surface area contributed by atoms with Crippen LogP contribution in [0.15, 0.2) is 23.9 Å². The molecule has 1 heterocycles. The van der Waals surface area contributed by atoms with Gasteiger partial charge in [0.05, 0.1) is 27.2 Å². The van der Waals surface area contributed by atoms with Crippen molar-refractivity contribution >= 4 is 24.0 Å². The van der Waals surface area contributed by atoms with E-state index in [1.54, 1.807) is 24.3 Å². The zero-order valence-electron chi connectivity index (χ0n) is 18.6. The monoisotopic (exact) mass is 432 g/mol. The molecule has 31 heavy (non-hydrogen) atoms. The number of carbonyl (C=O) groups is 3. The van der Waals surface area contributed by atoms with Gasteiger partial charge in [0, 0.05) is 6.54 Å². The molecule has 8 nitrogen and oxygen atoms in total. The molecule has 1 saturated heterocycles. The summed E-state index contributed by atoms with van der Waals surface area (Å²) in [5.41, 5.74) is 0.805. The van der Waals surface area contributed by atoms with Crippen molar-refractivity contribution in [3.8, 4) is 11.5 Å². The Hall–Kier alpha value is -3.03. The molecule has 0 spiro atoms. The maximum atomic E-state index is 12.6. The first-order valence-corrected chi connectivity index (χ1v) is 10.7. The van der Waals surface area contributed by atoms with Gasteiger partial charge in [-0.15, -0.1) is 0 Å². The van der Waals surface area contributed by atoms with E-state index in [0.717, 1.165) is 24.2 Å². The van der Waals surface area contributed by atoms with Crippen LogP contribution in [0, 0.1) is 0 Å². The summed E-state index contributed by atoms with van der Waals surface area (Å²) < 4.78 is 15.6. The Bertz CT molecular complexity index is 805. The van der Waals surface area contributed by atoms with Crippen molar-refractivity contribution in [1.82, 2.24) is 10.2 Å². The number of benzene rings is 1. The van der Waals surface area contributed by atoms with Crippen LogP contribution in [0.25, 0.3) is 6.08 Å². The molecule has 1 aliphatic rings. The van der Waals surface area contributed by atoms with Crippen LogP contribution in [-0.4, -0.2) is 50.2 Å². The second kappa shape index (κ2) is 12.6. The average molecular weight is 433 g/mol. The van der Waals surface area contributed by atoms with Gasteiger partial charge in [-0.2, -0.15) is 0 Å². The summed E-state index contributed by atoms with van der Waals surface area (Å²) in [6.45, 7) is 2.51. The van der Waals surface area contributed by atoms with Crippen LogP contribution in [0.2, 0.25) is 0 Å². The largest absolute Gasteiger partial charge is 0.493 e. The topological polar surface area (TPSA) is 94.2 Å². The van der Waals surface area contributed by atoms with Crippen molar-refractivity contribution < 1.29 is 28.6 Å². The highest BCUT2D eigenvalue weighted by Gasteiger charge is 2.33. The number of carbonyl (C=O) groups excluding carboxylic acids is 3. The summed E-state index contributed by atoms with van der Waals surface area (Å²) in [6.07, 6.45) is 8.16. The normalized spacial score (nSPS) is 14.7. The lowest BCUT2D eigenvalue weighted by molar-refractivity contribution is -0.144. The SMILES string of the molecule is CCCCCCCCOC(=O)CCN1C(=O)NC(=Cc2ccc(OC)c(OC)c2)C1=O. The van der Waals surface area contributed by atoms with E-state index < -0.39 is 17.9 Å². The number of urea groups is 1. The van der Waals surface area contributed by atoms with E-state index in [1.807, 2.05) is 0 Å². The van der Waals surface area contributed by atoms with E-state index in [4.69, 9.17) is 14.2 Å². The number of amides is 3. The molecule has 0 aromatic heterocycles. The third-order valence-electron chi connectivity index (χ3n) is 4.98. The Morgan fingerprint density at radius 1 is 1.03 bits per heavy atom. The van der Waals surface area contributed by atoms with Gasteiger partial charge in [0.25, 0.3) is 5.91 Å². The van der Waals surface area contributed by atoms with E-state index in [0.29, 0.717) is 23.7 Å². The summed E-state index contributed by atoms with van der Waals surface area (Å²) >= 11 is 0. The predicted molar refractivity (Wildman–Crippen MR) is 117 cm³/mol. The van der Waals surface area contributed by atoms with Crippen LogP contribution in [-0.2, 0) is 14.3 Å². The third-order valence-corrected chi connectivity index (χ3v) is 4.98. The van der Waals surface area contributed by atoms with Crippen molar-refractivity contribution in [1.29, 1.82) is 0 Å². The molecular formula is C23H32N2O6. The number of methoxy groups -OCH3 is 2. The van der Waals surface area contributed by atoms with E-state index >= 15 is 0 Å². The maximum absolute atomic E-state index is 12.6. The molecule has 0 radical (unpaired) electrons. The average Bonchev–Trinajstić information content (AvgIpc) is 3.03. The van der Waals surface area contributed by atoms with Crippen LogP contribution in [0.4, 0.5) is 4.79 Å². The standard InChI is InChI=1S/C23H32N2O6/c1-4-5-6-7-8-9-14-31-21(26)12-13-25-22(27)18(24-23(25)28)15-17-10-11-19(29-2)20(16-17)30-3/h10-11,15-16H,4-9,12-14H2,1-3H3,(H,24,28). The zero-order valence-corrected chi connectivity index (χ0v) is 18.6. The van der Waals surface area contributed by atoms with Crippen molar-refractivity contribution in [2.24, 2.45) is 0 Å². The fourth-order valence-electron chi connectivity index (χ4n) is 3.23. The Balaban J connectivity index is 1.82. The minimum atomic E-state index is -0.555. The van der Waals surface area contributed by atoms with Crippen LogP contribution >= 0.6 is 0 Å². The molecule has 0 unspecified atom stereocenters. The van der Waals surface area contributed by atoms with Crippen molar-refractivity contribution in [2.75, 3.05) is 27.4 Å². The molecule has 170 valence electrons. The summed E-state index contributed by atoms with van der Waals surface area (Å²) in [7, 11) is 3.05. The van der Waals surface area contributed by atoms with Crippen LogP contribution in [0.5, 0.6) is 11.5 Å². The lowest BCUT2D eigenvalue weighted by Gasteiger charge is -2.11.